The van der Waals surface area contributed by atoms with Gasteiger partial charge in [-0.05, 0) is 72.9 Å². The lowest BCUT2D eigenvalue weighted by atomic mass is 10.0. The fourth-order valence-electron chi connectivity index (χ4n) is 5.46. The Morgan fingerprint density at radius 1 is 1.02 bits per heavy atom. The molecule has 1 aliphatic rings. The molecule has 0 spiro atoms. The number of methoxy groups -OCH3 is 1. The standard InChI is InChI=1S/C34H27F3N4O4/c1-44-18-31(20-7-8-20)41-30-13-21(34(42)43)9-10-29(30)39-32(41)14-23-12-27(37)24(15-26(23)36)28-3-2-4-33(40-28)45-17-22-6-5-19(16-38)11-25(22)35/h2-6,9-13,15,20,31H,7-8,14,17-18H2,1H3,(H,42,43)/t31-/m0/s1. The van der Waals surface area contributed by atoms with Gasteiger partial charge in [0.1, 0.15) is 29.9 Å². The number of carbonyl (C=O) groups is 1. The predicted molar refractivity (Wildman–Crippen MR) is 158 cm³/mol. The van der Waals surface area contributed by atoms with Gasteiger partial charge in [0.15, 0.2) is 0 Å². The van der Waals surface area contributed by atoms with Gasteiger partial charge in [-0.1, -0.05) is 12.1 Å². The Balaban J connectivity index is 1.29. The van der Waals surface area contributed by atoms with Crippen molar-refractivity contribution in [3.63, 3.8) is 0 Å². The van der Waals surface area contributed by atoms with Crippen molar-refractivity contribution in [1.82, 2.24) is 14.5 Å². The number of hydrogen-bond donors (Lipinski definition) is 1. The Bertz CT molecular complexity index is 1970. The van der Waals surface area contributed by atoms with Crippen molar-refractivity contribution in [1.29, 1.82) is 5.26 Å². The summed E-state index contributed by atoms with van der Waals surface area (Å²) in [5.41, 5.74) is 1.75. The van der Waals surface area contributed by atoms with Gasteiger partial charge in [-0.2, -0.15) is 5.26 Å². The number of pyridine rings is 1. The van der Waals surface area contributed by atoms with Crippen LogP contribution in [0.15, 0.2) is 66.7 Å². The molecule has 1 atom stereocenters. The summed E-state index contributed by atoms with van der Waals surface area (Å²) in [5, 5.41) is 18.5. The van der Waals surface area contributed by atoms with Crippen LogP contribution >= 0.6 is 0 Å². The van der Waals surface area contributed by atoms with E-state index in [4.69, 9.17) is 19.7 Å². The molecule has 2 aromatic heterocycles. The van der Waals surface area contributed by atoms with Gasteiger partial charge in [-0.3, -0.25) is 0 Å². The number of imidazole rings is 1. The molecule has 2 heterocycles. The van der Waals surface area contributed by atoms with Crippen molar-refractivity contribution < 1.29 is 32.5 Å². The quantitative estimate of drug-likeness (QED) is 0.174. The maximum absolute atomic E-state index is 15.6. The van der Waals surface area contributed by atoms with Crippen LogP contribution in [0.1, 0.15) is 51.8 Å². The molecule has 0 unspecified atom stereocenters. The van der Waals surface area contributed by atoms with Crippen LogP contribution in [-0.4, -0.2) is 39.3 Å². The third-order valence-electron chi connectivity index (χ3n) is 7.89. The van der Waals surface area contributed by atoms with E-state index < -0.39 is 23.4 Å². The molecular weight excluding hydrogens is 585 g/mol. The summed E-state index contributed by atoms with van der Waals surface area (Å²) in [6, 6.07) is 17.1. The molecule has 0 amide bonds. The normalized spacial score (nSPS) is 13.5. The highest BCUT2D eigenvalue weighted by molar-refractivity contribution is 5.92. The average molecular weight is 613 g/mol. The van der Waals surface area contributed by atoms with Gasteiger partial charge in [0.05, 0.1) is 46.6 Å². The molecule has 6 rings (SSSR count). The second kappa shape index (κ2) is 12.4. The zero-order valence-corrected chi connectivity index (χ0v) is 24.1. The summed E-state index contributed by atoms with van der Waals surface area (Å²) in [7, 11) is 1.59. The number of nitriles is 1. The minimum absolute atomic E-state index is 0.0419. The molecule has 45 heavy (non-hydrogen) atoms. The van der Waals surface area contributed by atoms with E-state index in [9.17, 15) is 14.3 Å². The molecular formula is C34H27F3N4O4. The van der Waals surface area contributed by atoms with Crippen LogP contribution in [0.5, 0.6) is 5.88 Å². The van der Waals surface area contributed by atoms with E-state index in [2.05, 4.69) is 4.98 Å². The summed E-state index contributed by atoms with van der Waals surface area (Å²) in [6.07, 6.45) is 1.91. The molecule has 1 fully saturated rings. The van der Waals surface area contributed by atoms with Crippen LogP contribution in [0.25, 0.3) is 22.3 Å². The number of hydrogen-bond acceptors (Lipinski definition) is 6. The predicted octanol–water partition coefficient (Wildman–Crippen LogP) is 6.85. The Hall–Kier alpha value is -5.21. The fraction of sp³-hybridized carbons (Fsp3) is 0.235. The molecule has 1 saturated carbocycles. The number of benzene rings is 3. The molecule has 1 N–H and O–H groups in total. The number of rotatable bonds is 11. The smallest absolute Gasteiger partial charge is 0.335 e. The molecule has 0 radical (unpaired) electrons. The topological polar surface area (TPSA) is 110 Å². The first-order valence-electron chi connectivity index (χ1n) is 14.3. The van der Waals surface area contributed by atoms with Crippen molar-refractivity contribution >= 4 is 17.0 Å². The van der Waals surface area contributed by atoms with Crippen LogP contribution in [0.3, 0.4) is 0 Å². The minimum atomic E-state index is -1.07. The van der Waals surface area contributed by atoms with Crippen LogP contribution in [0.2, 0.25) is 0 Å². The number of halogens is 3. The zero-order valence-electron chi connectivity index (χ0n) is 24.1. The summed E-state index contributed by atoms with van der Waals surface area (Å²) >= 11 is 0. The summed E-state index contributed by atoms with van der Waals surface area (Å²) in [5.74, 6) is -2.20. The molecule has 1 aliphatic carbocycles. The van der Waals surface area contributed by atoms with Crippen molar-refractivity contribution in [2.24, 2.45) is 5.92 Å². The monoisotopic (exact) mass is 612 g/mol. The van der Waals surface area contributed by atoms with Crippen molar-refractivity contribution in [2.75, 3.05) is 13.7 Å². The SMILES string of the molecule is COC[C@@H](C1CC1)n1c(Cc2cc(F)c(-c3cccc(OCc4ccc(C#N)cc4F)n3)cc2F)nc2ccc(C(=O)O)cc21. The Kier molecular flexibility index (Phi) is 8.24. The highest BCUT2D eigenvalue weighted by atomic mass is 19.1. The van der Waals surface area contributed by atoms with E-state index in [1.165, 1.54) is 30.3 Å². The van der Waals surface area contributed by atoms with E-state index in [-0.39, 0.29) is 58.5 Å². The van der Waals surface area contributed by atoms with Gasteiger partial charge in [-0.15, -0.1) is 0 Å². The summed E-state index contributed by atoms with van der Waals surface area (Å²) in [4.78, 5) is 20.7. The van der Waals surface area contributed by atoms with Gasteiger partial charge in [0.25, 0.3) is 0 Å². The molecule has 228 valence electrons. The molecule has 5 aromatic rings. The molecule has 11 heteroatoms. The number of fused-ring (bicyclic) bond motifs is 1. The van der Waals surface area contributed by atoms with Crippen LogP contribution in [0.4, 0.5) is 13.2 Å². The van der Waals surface area contributed by atoms with Crippen molar-refractivity contribution in [3.05, 3.63) is 112 Å². The highest BCUT2D eigenvalue weighted by Crippen LogP contribution is 2.42. The van der Waals surface area contributed by atoms with Crippen molar-refractivity contribution in [2.45, 2.75) is 31.9 Å². The van der Waals surface area contributed by atoms with E-state index >= 15 is 8.78 Å². The van der Waals surface area contributed by atoms with E-state index in [1.807, 2.05) is 10.6 Å². The van der Waals surface area contributed by atoms with Gasteiger partial charge in [-0.25, -0.2) is 27.9 Å². The Labute approximate surface area is 256 Å². The lowest BCUT2D eigenvalue weighted by molar-refractivity contribution is 0.0697. The second-order valence-electron chi connectivity index (χ2n) is 10.9. The number of nitrogens with zero attached hydrogens (tertiary/aromatic N) is 4. The molecule has 0 aliphatic heterocycles. The molecule has 0 saturated heterocycles. The molecule has 3 aromatic carbocycles. The summed E-state index contributed by atoms with van der Waals surface area (Å²) in [6.45, 7) is 0.182. The fourth-order valence-corrected chi connectivity index (χ4v) is 5.46. The van der Waals surface area contributed by atoms with Gasteiger partial charge >= 0.3 is 5.97 Å². The zero-order chi connectivity index (χ0) is 31.7. The van der Waals surface area contributed by atoms with Crippen LogP contribution in [0, 0.1) is 34.7 Å². The third-order valence-corrected chi connectivity index (χ3v) is 7.89. The van der Waals surface area contributed by atoms with Gasteiger partial charge in [0.2, 0.25) is 5.88 Å². The maximum Gasteiger partial charge on any atom is 0.335 e. The van der Waals surface area contributed by atoms with Gasteiger partial charge in [0, 0.05) is 30.7 Å². The first-order chi connectivity index (χ1) is 21.7. The van der Waals surface area contributed by atoms with Crippen LogP contribution in [-0.2, 0) is 17.8 Å². The van der Waals surface area contributed by atoms with E-state index in [0.29, 0.717) is 29.4 Å². The van der Waals surface area contributed by atoms with Crippen LogP contribution < -0.4 is 4.74 Å². The Morgan fingerprint density at radius 3 is 2.53 bits per heavy atom. The lowest BCUT2D eigenvalue weighted by Crippen LogP contribution is -2.20. The maximum atomic E-state index is 15.6. The number of carboxylic acids is 1. The Morgan fingerprint density at radius 2 is 1.82 bits per heavy atom. The first kappa shape index (κ1) is 29.8. The number of aromatic nitrogens is 3. The van der Waals surface area contributed by atoms with E-state index in [1.54, 1.807) is 25.3 Å². The first-order valence-corrected chi connectivity index (χ1v) is 14.3. The highest BCUT2D eigenvalue weighted by Gasteiger charge is 2.35. The minimum Gasteiger partial charge on any atom is -0.478 e. The lowest BCUT2D eigenvalue weighted by Gasteiger charge is -2.21. The largest absolute Gasteiger partial charge is 0.478 e. The number of aromatic carboxylic acids is 1. The van der Waals surface area contributed by atoms with Crippen molar-refractivity contribution in [3.8, 4) is 23.2 Å². The number of carboxylic acid groups (broad SMARTS) is 1. The second-order valence-corrected chi connectivity index (χ2v) is 10.9. The third kappa shape index (κ3) is 6.23. The molecule has 0 bridgehead atoms. The number of ether oxygens (including phenoxy) is 2. The molecule has 8 nitrogen and oxygen atoms in total. The average Bonchev–Trinajstić information content (AvgIpc) is 3.82. The van der Waals surface area contributed by atoms with E-state index in [0.717, 1.165) is 31.0 Å². The summed E-state index contributed by atoms with van der Waals surface area (Å²) < 4.78 is 58.4. The van der Waals surface area contributed by atoms with Gasteiger partial charge < -0.3 is 19.1 Å².